The van der Waals surface area contributed by atoms with Crippen molar-refractivity contribution in [2.45, 2.75) is 25.9 Å². The van der Waals surface area contributed by atoms with Gasteiger partial charge in [0.1, 0.15) is 5.75 Å². The maximum atomic E-state index is 12.9. The molecule has 0 bridgehead atoms. The second-order valence-corrected chi connectivity index (χ2v) is 8.14. The molecule has 3 aromatic rings. The van der Waals surface area contributed by atoms with Crippen LogP contribution >= 0.6 is 0 Å². The van der Waals surface area contributed by atoms with Crippen LogP contribution in [0.3, 0.4) is 0 Å². The van der Waals surface area contributed by atoms with E-state index in [2.05, 4.69) is 4.90 Å². The molecule has 0 saturated carbocycles. The van der Waals surface area contributed by atoms with E-state index in [9.17, 15) is 18.0 Å². The average molecular weight is 470 g/mol. The molecule has 1 aliphatic rings. The van der Waals surface area contributed by atoms with Crippen LogP contribution in [0.2, 0.25) is 0 Å². The van der Waals surface area contributed by atoms with Crippen LogP contribution in [0.15, 0.2) is 66.7 Å². The fraction of sp³-hybridized carbons (Fsp3) is 0.296. The number of rotatable bonds is 6. The van der Waals surface area contributed by atoms with Crippen LogP contribution in [0.1, 0.15) is 23.6 Å². The molecule has 0 atom stereocenters. The standard InChI is InChI=1S/C27H26F3NO3/c1-2-33-26(32)18-34-25-11-8-20-12-14-31(15-13-22(20)17-25)24-5-3-4-21(16-24)19-6-9-23(10-7-19)27(28,29)30/h3-11,16-17H,2,12-15,18H2,1H3. The number of benzene rings is 3. The van der Waals surface area contributed by atoms with Crippen LogP contribution in [0, 0.1) is 0 Å². The second kappa shape index (κ2) is 10.2. The van der Waals surface area contributed by atoms with E-state index >= 15 is 0 Å². The first-order chi connectivity index (χ1) is 16.3. The lowest BCUT2D eigenvalue weighted by Gasteiger charge is -2.23. The van der Waals surface area contributed by atoms with E-state index in [1.54, 1.807) is 6.92 Å². The minimum absolute atomic E-state index is 0.116. The number of carbonyl (C=O) groups is 1. The summed E-state index contributed by atoms with van der Waals surface area (Å²) in [7, 11) is 0. The summed E-state index contributed by atoms with van der Waals surface area (Å²) in [5.74, 6) is 0.251. The van der Waals surface area contributed by atoms with Gasteiger partial charge in [-0.2, -0.15) is 13.2 Å². The van der Waals surface area contributed by atoms with Crippen molar-refractivity contribution in [2.75, 3.05) is 31.2 Å². The Morgan fingerprint density at radius 1 is 0.912 bits per heavy atom. The molecule has 0 spiro atoms. The van der Waals surface area contributed by atoms with Gasteiger partial charge in [-0.3, -0.25) is 0 Å². The third-order valence-electron chi connectivity index (χ3n) is 5.90. The zero-order valence-corrected chi connectivity index (χ0v) is 18.9. The lowest BCUT2D eigenvalue weighted by molar-refractivity contribution is -0.145. The van der Waals surface area contributed by atoms with Gasteiger partial charge >= 0.3 is 12.1 Å². The number of carbonyl (C=O) groups excluding carboxylic acids is 1. The zero-order valence-electron chi connectivity index (χ0n) is 18.9. The Hall–Kier alpha value is -3.48. The van der Waals surface area contributed by atoms with Crippen molar-refractivity contribution in [3.63, 3.8) is 0 Å². The molecule has 4 rings (SSSR count). The van der Waals surface area contributed by atoms with Gasteiger partial charge in [-0.15, -0.1) is 0 Å². The van der Waals surface area contributed by atoms with E-state index in [4.69, 9.17) is 9.47 Å². The number of fused-ring (bicyclic) bond motifs is 1. The van der Waals surface area contributed by atoms with E-state index in [1.807, 2.05) is 42.5 Å². The number of esters is 1. The minimum atomic E-state index is -4.34. The third kappa shape index (κ3) is 5.71. The molecule has 3 aromatic carbocycles. The predicted molar refractivity (Wildman–Crippen MR) is 125 cm³/mol. The lowest BCUT2D eigenvalue weighted by Crippen LogP contribution is -2.25. The number of alkyl halides is 3. The van der Waals surface area contributed by atoms with Crippen LogP contribution in [-0.2, 0) is 28.5 Å². The molecule has 0 amide bonds. The Labute approximate surface area is 196 Å². The van der Waals surface area contributed by atoms with Crippen molar-refractivity contribution in [3.8, 4) is 16.9 Å². The number of hydrogen-bond acceptors (Lipinski definition) is 4. The number of hydrogen-bond donors (Lipinski definition) is 0. The lowest BCUT2D eigenvalue weighted by atomic mass is 10.0. The second-order valence-electron chi connectivity index (χ2n) is 8.14. The van der Waals surface area contributed by atoms with Gasteiger partial charge in [0.05, 0.1) is 12.2 Å². The summed E-state index contributed by atoms with van der Waals surface area (Å²) >= 11 is 0. The zero-order chi connectivity index (χ0) is 24.1. The summed E-state index contributed by atoms with van der Waals surface area (Å²) < 4.78 is 49.1. The Balaban J connectivity index is 1.45. The normalized spacial score (nSPS) is 13.7. The van der Waals surface area contributed by atoms with E-state index in [-0.39, 0.29) is 6.61 Å². The van der Waals surface area contributed by atoms with Gasteiger partial charge in [0.2, 0.25) is 0 Å². The number of anilines is 1. The molecule has 0 fully saturated rings. The Morgan fingerprint density at radius 3 is 2.35 bits per heavy atom. The maximum Gasteiger partial charge on any atom is 0.416 e. The topological polar surface area (TPSA) is 38.8 Å². The number of ether oxygens (including phenoxy) is 2. The summed E-state index contributed by atoms with van der Waals surface area (Å²) in [6.45, 7) is 3.58. The fourth-order valence-corrected chi connectivity index (χ4v) is 4.13. The van der Waals surface area contributed by atoms with Crippen molar-refractivity contribution in [3.05, 3.63) is 83.4 Å². The van der Waals surface area contributed by atoms with E-state index < -0.39 is 17.7 Å². The van der Waals surface area contributed by atoms with Crippen molar-refractivity contribution >= 4 is 11.7 Å². The van der Waals surface area contributed by atoms with Crippen molar-refractivity contribution in [1.82, 2.24) is 0 Å². The molecule has 1 aliphatic heterocycles. The van der Waals surface area contributed by atoms with Crippen LogP contribution in [0.25, 0.3) is 11.1 Å². The highest BCUT2D eigenvalue weighted by Crippen LogP contribution is 2.32. The van der Waals surface area contributed by atoms with Crippen LogP contribution in [0.4, 0.5) is 18.9 Å². The molecule has 1 heterocycles. The van der Waals surface area contributed by atoms with Gasteiger partial charge in [0.25, 0.3) is 0 Å². The predicted octanol–water partition coefficient (Wildman–Crippen LogP) is 5.92. The minimum Gasteiger partial charge on any atom is -0.482 e. The van der Waals surface area contributed by atoms with Crippen LogP contribution < -0.4 is 9.64 Å². The van der Waals surface area contributed by atoms with Gasteiger partial charge in [-0.05, 0) is 78.4 Å². The first kappa shape index (κ1) is 23.7. The highest BCUT2D eigenvalue weighted by atomic mass is 19.4. The van der Waals surface area contributed by atoms with Gasteiger partial charge < -0.3 is 14.4 Å². The monoisotopic (exact) mass is 469 g/mol. The van der Waals surface area contributed by atoms with E-state index in [1.165, 1.54) is 23.3 Å². The van der Waals surface area contributed by atoms with Gasteiger partial charge in [-0.25, -0.2) is 4.79 Å². The number of nitrogens with zero attached hydrogens (tertiary/aromatic N) is 1. The summed E-state index contributed by atoms with van der Waals surface area (Å²) in [5.41, 5.74) is 4.43. The molecule has 4 nitrogen and oxygen atoms in total. The smallest absolute Gasteiger partial charge is 0.416 e. The number of halogens is 3. The largest absolute Gasteiger partial charge is 0.482 e. The molecule has 0 unspecified atom stereocenters. The van der Waals surface area contributed by atoms with Crippen molar-refractivity contribution < 1.29 is 27.4 Å². The van der Waals surface area contributed by atoms with Gasteiger partial charge in [0.15, 0.2) is 6.61 Å². The molecule has 0 radical (unpaired) electrons. The van der Waals surface area contributed by atoms with Crippen LogP contribution in [-0.4, -0.2) is 32.3 Å². The van der Waals surface area contributed by atoms with Crippen LogP contribution in [0.5, 0.6) is 5.75 Å². The third-order valence-corrected chi connectivity index (χ3v) is 5.90. The Kier molecular flexibility index (Phi) is 7.10. The maximum absolute atomic E-state index is 12.9. The van der Waals surface area contributed by atoms with Gasteiger partial charge in [0, 0.05) is 18.8 Å². The quantitative estimate of drug-likeness (QED) is 0.420. The molecule has 0 saturated heterocycles. The summed E-state index contributed by atoms with van der Waals surface area (Å²) in [6, 6.07) is 19.0. The fourth-order valence-electron chi connectivity index (χ4n) is 4.13. The first-order valence-electron chi connectivity index (χ1n) is 11.3. The molecule has 0 aliphatic carbocycles. The highest BCUT2D eigenvalue weighted by molar-refractivity contribution is 5.71. The Bertz CT molecular complexity index is 1140. The van der Waals surface area contributed by atoms with Crippen molar-refractivity contribution in [2.24, 2.45) is 0 Å². The molecule has 34 heavy (non-hydrogen) atoms. The van der Waals surface area contributed by atoms with Gasteiger partial charge in [-0.1, -0.05) is 30.3 Å². The van der Waals surface area contributed by atoms with E-state index in [0.29, 0.717) is 12.4 Å². The average Bonchev–Trinajstić information content (AvgIpc) is 3.05. The van der Waals surface area contributed by atoms with E-state index in [0.717, 1.165) is 54.9 Å². The summed E-state index contributed by atoms with van der Waals surface area (Å²) in [4.78, 5) is 13.8. The Morgan fingerprint density at radius 2 is 1.65 bits per heavy atom. The summed E-state index contributed by atoms with van der Waals surface area (Å²) in [5, 5.41) is 0. The van der Waals surface area contributed by atoms with Crippen molar-refractivity contribution in [1.29, 1.82) is 0 Å². The first-order valence-corrected chi connectivity index (χ1v) is 11.3. The molecular weight excluding hydrogens is 443 g/mol. The molecule has 7 heteroatoms. The molecule has 178 valence electrons. The summed E-state index contributed by atoms with van der Waals surface area (Å²) in [6.07, 6.45) is -2.67. The molecular formula is C27H26F3NO3. The molecule has 0 N–H and O–H groups in total. The molecule has 0 aromatic heterocycles. The highest BCUT2D eigenvalue weighted by Gasteiger charge is 2.30. The SMILES string of the molecule is CCOC(=O)COc1ccc2c(c1)CCN(c1cccc(-c3ccc(C(F)(F)F)cc3)c1)CC2.